The summed E-state index contributed by atoms with van der Waals surface area (Å²) in [6, 6.07) is 5.89. The van der Waals surface area contributed by atoms with Crippen molar-refractivity contribution in [3.05, 3.63) is 56.7 Å². The lowest BCUT2D eigenvalue weighted by Gasteiger charge is -2.08. The van der Waals surface area contributed by atoms with Gasteiger partial charge in [-0.1, -0.05) is 28.9 Å². The van der Waals surface area contributed by atoms with E-state index in [9.17, 15) is 9.18 Å². The van der Waals surface area contributed by atoms with Gasteiger partial charge in [0.15, 0.2) is 0 Å². The molecule has 20 heavy (non-hydrogen) atoms. The molecule has 0 saturated heterocycles. The number of hydrogen-bond donors (Lipinski definition) is 1. The molecule has 0 radical (unpaired) electrons. The zero-order valence-corrected chi connectivity index (χ0v) is 12.7. The van der Waals surface area contributed by atoms with Gasteiger partial charge in [-0.25, -0.2) is 9.07 Å². The van der Waals surface area contributed by atoms with Crippen LogP contribution in [0.25, 0.3) is 0 Å². The van der Waals surface area contributed by atoms with Gasteiger partial charge in [0.2, 0.25) is 0 Å². The molecule has 1 aromatic heterocycles. The van der Waals surface area contributed by atoms with E-state index in [1.807, 2.05) is 6.92 Å². The van der Waals surface area contributed by atoms with Crippen molar-refractivity contribution in [3.8, 4) is 0 Å². The van der Waals surface area contributed by atoms with Crippen LogP contribution in [0.5, 0.6) is 0 Å². The van der Waals surface area contributed by atoms with E-state index in [0.29, 0.717) is 16.7 Å². The molecule has 2 rings (SSSR count). The summed E-state index contributed by atoms with van der Waals surface area (Å²) in [7, 11) is 0. The van der Waals surface area contributed by atoms with Crippen LogP contribution in [-0.4, -0.2) is 16.3 Å². The summed E-state index contributed by atoms with van der Waals surface area (Å²) in [5.41, 5.74) is 1.32. The molecule has 0 saturated carbocycles. The molecule has 0 bridgehead atoms. The summed E-state index contributed by atoms with van der Waals surface area (Å²) in [6.45, 7) is 3.15. The first-order valence-electron chi connectivity index (χ1n) is 6.35. The van der Waals surface area contributed by atoms with Crippen LogP contribution in [-0.2, 0) is 6.54 Å². The number of aromatic nitrogens is 2. The summed E-state index contributed by atoms with van der Waals surface area (Å²) in [6.07, 6.45) is 2.60. The maximum absolute atomic E-state index is 13.0. The van der Waals surface area contributed by atoms with Crippen LogP contribution in [0.15, 0.2) is 39.7 Å². The molecule has 2 aromatic rings. The van der Waals surface area contributed by atoms with E-state index in [0.717, 1.165) is 18.5 Å². The molecule has 6 heteroatoms. The van der Waals surface area contributed by atoms with E-state index >= 15 is 0 Å². The van der Waals surface area contributed by atoms with Crippen LogP contribution in [0, 0.1) is 5.82 Å². The van der Waals surface area contributed by atoms with E-state index in [1.165, 1.54) is 22.9 Å². The Morgan fingerprint density at radius 3 is 2.85 bits per heavy atom. The SMILES string of the molecule is CCCNc1cnn(Cc2ccc(F)cc2Br)c(=O)c1. The lowest BCUT2D eigenvalue weighted by Crippen LogP contribution is -2.23. The van der Waals surface area contributed by atoms with Crippen molar-refractivity contribution in [2.24, 2.45) is 0 Å². The van der Waals surface area contributed by atoms with Gasteiger partial charge in [-0.15, -0.1) is 0 Å². The highest BCUT2D eigenvalue weighted by Gasteiger charge is 2.05. The molecule has 0 spiro atoms. The maximum atomic E-state index is 13.0. The van der Waals surface area contributed by atoms with Crippen molar-refractivity contribution >= 4 is 21.6 Å². The Hall–Kier alpha value is -1.69. The Labute approximate surface area is 124 Å². The fourth-order valence-corrected chi connectivity index (χ4v) is 2.21. The van der Waals surface area contributed by atoms with E-state index in [-0.39, 0.29) is 11.4 Å². The van der Waals surface area contributed by atoms with E-state index in [4.69, 9.17) is 0 Å². The highest BCUT2D eigenvalue weighted by atomic mass is 79.9. The standard InChI is InChI=1S/C14H15BrFN3O/c1-2-5-17-12-7-14(20)19(18-8-12)9-10-3-4-11(16)6-13(10)15/h3-4,6-8,17H,2,5,9H2,1H3. The largest absolute Gasteiger partial charge is 0.384 e. The Balaban J connectivity index is 2.19. The van der Waals surface area contributed by atoms with Crippen LogP contribution < -0.4 is 10.9 Å². The summed E-state index contributed by atoms with van der Waals surface area (Å²) >= 11 is 3.28. The van der Waals surface area contributed by atoms with Crippen molar-refractivity contribution in [2.45, 2.75) is 19.9 Å². The minimum absolute atomic E-state index is 0.192. The molecular weight excluding hydrogens is 325 g/mol. The first-order valence-corrected chi connectivity index (χ1v) is 7.14. The zero-order chi connectivity index (χ0) is 14.5. The lowest BCUT2D eigenvalue weighted by molar-refractivity contribution is 0.617. The molecule has 0 aliphatic rings. The molecular formula is C14H15BrFN3O. The average Bonchev–Trinajstić information content (AvgIpc) is 2.42. The predicted molar refractivity (Wildman–Crippen MR) is 80.5 cm³/mol. The minimum Gasteiger partial charge on any atom is -0.384 e. The fraction of sp³-hybridized carbons (Fsp3) is 0.286. The van der Waals surface area contributed by atoms with Crippen LogP contribution in [0.4, 0.5) is 10.1 Å². The van der Waals surface area contributed by atoms with Crippen molar-refractivity contribution in [1.82, 2.24) is 9.78 Å². The highest BCUT2D eigenvalue weighted by Crippen LogP contribution is 2.18. The topological polar surface area (TPSA) is 46.9 Å². The summed E-state index contributed by atoms with van der Waals surface area (Å²) in [5.74, 6) is -0.319. The molecule has 0 aliphatic heterocycles. The zero-order valence-electron chi connectivity index (χ0n) is 11.1. The molecule has 0 unspecified atom stereocenters. The smallest absolute Gasteiger partial charge is 0.269 e. The van der Waals surface area contributed by atoms with Gasteiger partial charge in [-0.3, -0.25) is 4.79 Å². The van der Waals surface area contributed by atoms with Gasteiger partial charge in [0.1, 0.15) is 5.82 Å². The Bertz CT molecular complexity index is 657. The summed E-state index contributed by atoms with van der Waals surface area (Å²) in [4.78, 5) is 12.0. The number of hydrogen-bond acceptors (Lipinski definition) is 3. The van der Waals surface area contributed by atoms with Gasteiger partial charge < -0.3 is 5.32 Å². The molecule has 106 valence electrons. The molecule has 1 heterocycles. The van der Waals surface area contributed by atoms with E-state index < -0.39 is 0 Å². The number of anilines is 1. The van der Waals surface area contributed by atoms with Gasteiger partial charge >= 0.3 is 0 Å². The lowest BCUT2D eigenvalue weighted by atomic mass is 10.2. The number of rotatable bonds is 5. The number of nitrogens with one attached hydrogen (secondary N) is 1. The number of nitrogens with zero attached hydrogens (tertiary/aromatic N) is 2. The molecule has 4 nitrogen and oxygen atoms in total. The van der Waals surface area contributed by atoms with Crippen molar-refractivity contribution < 1.29 is 4.39 Å². The quantitative estimate of drug-likeness (QED) is 0.910. The van der Waals surface area contributed by atoms with Gasteiger partial charge in [0, 0.05) is 17.1 Å². The van der Waals surface area contributed by atoms with Crippen LogP contribution >= 0.6 is 15.9 Å². The first-order chi connectivity index (χ1) is 9.60. The monoisotopic (exact) mass is 339 g/mol. The molecule has 1 aromatic carbocycles. The van der Waals surface area contributed by atoms with Gasteiger partial charge in [-0.2, -0.15) is 5.10 Å². The summed E-state index contributed by atoms with van der Waals surface area (Å²) < 4.78 is 15.0. The highest BCUT2D eigenvalue weighted by molar-refractivity contribution is 9.10. The minimum atomic E-state index is -0.319. The Kier molecular flexibility index (Phi) is 4.89. The third-order valence-electron chi connectivity index (χ3n) is 2.78. The number of benzene rings is 1. The molecule has 0 atom stereocenters. The number of halogens is 2. The second-order valence-corrected chi connectivity index (χ2v) is 5.26. The normalized spacial score (nSPS) is 10.6. The van der Waals surface area contributed by atoms with Crippen LogP contribution in [0.2, 0.25) is 0 Å². The second kappa shape index (κ2) is 6.65. The van der Waals surface area contributed by atoms with Crippen molar-refractivity contribution in [1.29, 1.82) is 0 Å². The average molecular weight is 340 g/mol. The maximum Gasteiger partial charge on any atom is 0.269 e. The van der Waals surface area contributed by atoms with Gasteiger partial charge in [-0.05, 0) is 24.1 Å². The van der Waals surface area contributed by atoms with E-state index in [1.54, 1.807) is 12.3 Å². The van der Waals surface area contributed by atoms with Gasteiger partial charge in [0.25, 0.3) is 5.56 Å². The molecule has 0 fully saturated rings. The Morgan fingerprint density at radius 1 is 1.40 bits per heavy atom. The molecule has 0 aliphatic carbocycles. The first kappa shape index (κ1) is 14.7. The van der Waals surface area contributed by atoms with Crippen molar-refractivity contribution in [3.63, 3.8) is 0 Å². The fourth-order valence-electron chi connectivity index (χ4n) is 1.73. The van der Waals surface area contributed by atoms with E-state index in [2.05, 4.69) is 26.3 Å². The third kappa shape index (κ3) is 3.66. The van der Waals surface area contributed by atoms with Gasteiger partial charge in [0.05, 0.1) is 18.4 Å². The Morgan fingerprint density at radius 2 is 2.20 bits per heavy atom. The molecule has 1 N–H and O–H groups in total. The third-order valence-corrected chi connectivity index (χ3v) is 3.52. The van der Waals surface area contributed by atoms with Crippen LogP contribution in [0.3, 0.4) is 0 Å². The molecule has 0 amide bonds. The van der Waals surface area contributed by atoms with Crippen molar-refractivity contribution in [2.75, 3.05) is 11.9 Å². The predicted octanol–water partition coefficient (Wildman–Crippen LogP) is 3.02. The van der Waals surface area contributed by atoms with Crippen LogP contribution in [0.1, 0.15) is 18.9 Å². The summed E-state index contributed by atoms with van der Waals surface area (Å²) in [5, 5.41) is 7.23. The second-order valence-electron chi connectivity index (χ2n) is 4.40.